The van der Waals surface area contributed by atoms with Crippen LogP contribution in [0.5, 0.6) is 11.5 Å². The van der Waals surface area contributed by atoms with Gasteiger partial charge in [-0.25, -0.2) is 0 Å². The third-order valence-electron chi connectivity index (χ3n) is 3.81. The molecule has 2 aliphatic rings. The van der Waals surface area contributed by atoms with Crippen LogP contribution in [-0.2, 0) is 6.42 Å². The van der Waals surface area contributed by atoms with E-state index < -0.39 is 18.0 Å². The van der Waals surface area contributed by atoms with Gasteiger partial charge in [0, 0.05) is 10.5 Å². The molecule has 1 saturated heterocycles. The van der Waals surface area contributed by atoms with Crippen molar-refractivity contribution in [2.75, 3.05) is 6.54 Å². The van der Waals surface area contributed by atoms with E-state index in [0.29, 0.717) is 16.5 Å². The molecule has 1 atom stereocenters. The molecule has 8 heteroatoms. The van der Waals surface area contributed by atoms with Gasteiger partial charge >= 0.3 is 12.2 Å². The lowest BCUT2D eigenvalue weighted by Crippen LogP contribution is -2.52. The van der Waals surface area contributed by atoms with E-state index in [1.807, 2.05) is 0 Å². The molecule has 22 heavy (non-hydrogen) atoms. The number of benzene rings is 1. The summed E-state index contributed by atoms with van der Waals surface area (Å²) >= 11 is 3.27. The van der Waals surface area contributed by atoms with Crippen LogP contribution in [0.15, 0.2) is 16.6 Å². The number of halogens is 5. The molecule has 0 amide bonds. The van der Waals surface area contributed by atoms with Crippen molar-refractivity contribution in [2.45, 2.75) is 43.9 Å². The average Bonchev–Trinajstić information content (AvgIpc) is 2.43. The number of rotatable bonds is 2. The van der Waals surface area contributed by atoms with Crippen molar-refractivity contribution < 1.29 is 27.0 Å². The maximum Gasteiger partial charge on any atom is 0.507 e. The van der Waals surface area contributed by atoms with Crippen molar-refractivity contribution in [3.63, 3.8) is 0 Å². The van der Waals surface area contributed by atoms with Gasteiger partial charge < -0.3 is 14.8 Å². The topological polar surface area (TPSA) is 30.5 Å². The molecule has 0 spiro atoms. The molecule has 122 valence electrons. The van der Waals surface area contributed by atoms with Gasteiger partial charge in [-0.15, -0.1) is 0 Å². The van der Waals surface area contributed by atoms with Crippen LogP contribution in [0.3, 0.4) is 0 Å². The smallest absolute Gasteiger partial charge is 0.421 e. The Labute approximate surface area is 133 Å². The van der Waals surface area contributed by atoms with Crippen molar-refractivity contribution in [1.82, 2.24) is 5.32 Å². The van der Waals surface area contributed by atoms with Crippen LogP contribution in [0, 0.1) is 0 Å². The van der Waals surface area contributed by atoms with Crippen molar-refractivity contribution in [3.05, 3.63) is 22.2 Å². The first-order valence-corrected chi connectivity index (χ1v) is 7.77. The van der Waals surface area contributed by atoms with Gasteiger partial charge in [0.05, 0.1) is 0 Å². The van der Waals surface area contributed by atoms with Gasteiger partial charge in [0.25, 0.3) is 0 Å². The molecule has 2 aliphatic heterocycles. The van der Waals surface area contributed by atoms with E-state index in [1.54, 1.807) is 0 Å². The largest absolute Gasteiger partial charge is 0.507 e. The van der Waals surface area contributed by atoms with E-state index in [-0.39, 0.29) is 11.8 Å². The zero-order valence-corrected chi connectivity index (χ0v) is 13.1. The first kappa shape index (κ1) is 15.9. The highest BCUT2D eigenvalue weighted by atomic mass is 79.9. The second-order valence-corrected chi connectivity index (χ2v) is 6.33. The maximum atomic E-state index is 13.2. The Hall–Kier alpha value is -1.02. The van der Waals surface area contributed by atoms with E-state index >= 15 is 0 Å². The molecule has 0 aromatic heterocycles. The second-order valence-electron chi connectivity index (χ2n) is 5.48. The Kier molecular flexibility index (Phi) is 4.01. The summed E-state index contributed by atoms with van der Waals surface area (Å²) in [6.45, 7) is 0.914. The summed E-state index contributed by atoms with van der Waals surface area (Å²) in [6.07, 6.45) is -5.58. The lowest BCUT2D eigenvalue weighted by Gasteiger charge is -2.32. The van der Waals surface area contributed by atoms with Gasteiger partial charge in [-0.3, -0.25) is 0 Å². The van der Waals surface area contributed by atoms with E-state index in [2.05, 4.69) is 30.7 Å². The van der Waals surface area contributed by atoms with Gasteiger partial charge in [-0.05, 0) is 43.5 Å². The molecule has 3 rings (SSSR count). The van der Waals surface area contributed by atoms with Gasteiger partial charge in [0.15, 0.2) is 11.5 Å². The van der Waals surface area contributed by atoms with Crippen LogP contribution < -0.4 is 14.8 Å². The molecule has 0 aliphatic carbocycles. The standard InChI is InChI=1S/C14H14BrF4NO2/c15-10-7-12-11(21-13(16,17)14(18,19)22-12)6-8(10)5-9-3-1-2-4-20-9/h6-7,9,20H,1-5H2. The predicted molar refractivity (Wildman–Crippen MR) is 74.6 cm³/mol. The summed E-state index contributed by atoms with van der Waals surface area (Å²) in [5.41, 5.74) is 0.711. The second kappa shape index (κ2) is 5.56. The highest BCUT2D eigenvalue weighted by Crippen LogP contribution is 2.48. The molecule has 0 saturated carbocycles. The zero-order valence-electron chi connectivity index (χ0n) is 11.5. The fourth-order valence-electron chi connectivity index (χ4n) is 2.65. The van der Waals surface area contributed by atoms with Crippen LogP contribution in [0.4, 0.5) is 17.6 Å². The van der Waals surface area contributed by atoms with Crippen LogP contribution in [0.1, 0.15) is 24.8 Å². The first-order chi connectivity index (χ1) is 10.3. The summed E-state index contributed by atoms with van der Waals surface area (Å²) in [6, 6.07) is 2.81. The molecule has 1 fully saturated rings. The number of ether oxygens (including phenoxy) is 2. The molecule has 1 aromatic rings. The van der Waals surface area contributed by atoms with Crippen molar-refractivity contribution in [3.8, 4) is 11.5 Å². The molecule has 1 aromatic carbocycles. The highest BCUT2D eigenvalue weighted by Gasteiger charge is 2.66. The number of alkyl halides is 4. The SMILES string of the molecule is FC1(F)Oc2cc(Br)c(CC3CCCCN3)cc2OC1(F)F. The number of nitrogens with one attached hydrogen (secondary N) is 1. The zero-order chi connectivity index (χ0) is 16.0. The normalized spacial score (nSPS) is 25.8. The number of hydrogen-bond acceptors (Lipinski definition) is 3. The maximum absolute atomic E-state index is 13.2. The van der Waals surface area contributed by atoms with E-state index in [1.165, 1.54) is 12.1 Å². The predicted octanol–water partition coefficient (Wildman–Crippen LogP) is 4.09. The molecular weight excluding hydrogens is 370 g/mol. The molecule has 0 bridgehead atoms. The molecule has 3 nitrogen and oxygen atoms in total. The molecule has 1 N–H and O–H groups in total. The monoisotopic (exact) mass is 383 g/mol. The number of piperidine rings is 1. The summed E-state index contributed by atoms with van der Waals surface area (Å²) in [4.78, 5) is 0. The minimum atomic E-state index is -4.69. The number of fused-ring (bicyclic) bond motifs is 1. The minimum absolute atomic E-state index is 0.231. The van der Waals surface area contributed by atoms with E-state index in [4.69, 9.17) is 0 Å². The van der Waals surface area contributed by atoms with Gasteiger partial charge in [0.1, 0.15) is 0 Å². The Morgan fingerprint density at radius 3 is 2.32 bits per heavy atom. The summed E-state index contributed by atoms with van der Waals surface area (Å²) in [7, 11) is 0. The lowest BCUT2D eigenvalue weighted by molar-refractivity contribution is -0.391. The fraction of sp³-hybridized carbons (Fsp3) is 0.571. The molecule has 0 radical (unpaired) electrons. The Balaban J connectivity index is 1.86. The molecule has 1 unspecified atom stereocenters. The Morgan fingerprint density at radius 2 is 1.73 bits per heavy atom. The fourth-order valence-corrected chi connectivity index (χ4v) is 3.14. The van der Waals surface area contributed by atoms with Gasteiger partial charge in [-0.1, -0.05) is 22.4 Å². The summed E-state index contributed by atoms with van der Waals surface area (Å²) < 4.78 is 61.6. The van der Waals surface area contributed by atoms with Crippen molar-refractivity contribution in [2.24, 2.45) is 0 Å². The third-order valence-corrected chi connectivity index (χ3v) is 4.54. The average molecular weight is 384 g/mol. The molecular formula is C14H14BrF4NO2. The van der Waals surface area contributed by atoms with Crippen LogP contribution in [0.2, 0.25) is 0 Å². The number of hydrogen-bond donors (Lipinski definition) is 1. The lowest BCUT2D eigenvalue weighted by atomic mass is 9.97. The third kappa shape index (κ3) is 2.90. The van der Waals surface area contributed by atoms with E-state index in [0.717, 1.165) is 25.8 Å². The minimum Gasteiger partial charge on any atom is -0.421 e. The van der Waals surface area contributed by atoms with Gasteiger partial charge in [0.2, 0.25) is 0 Å². The summed E-state index contributed by atoms with van der Waals surface area (Å²) in [5, 5.41) is 3.34. The summed E-state index contributed by atoms with van der Waals surface area (Å²) in [5.74, 6) is -0.770. The Bertz CT molecular complexity index is 576. The Morgan fingerprint density at radius 1 is 1.09 bits per heavy atom. The van der Waals surface area contributed by atoms with Crippen LogP contribution >= 0.6 is 15.9 Å². The van der Waals surface area contributed by atoms with E-state index in [9.17, 15) is 17.6 Å². The van der Waals surface area contributed by atoms with Crippen LogP contribution in [-0.4, -0.2) is 24.8 Å². The van der Waals surface area contributed by atoms with Crippen molar-refractivity contribution in [1.29, 1.82) is 0 Å². The molecule has 2 heterocycles. The van der Waals surface area contributed by atoms with Crippen LogP contribution in [0.25, 0.3) is 0 Å². The van der Waals surface area contributed by atoms with Crippen molar-refractivity contribution >= 4 is 15.9 Å². The highest BCUT2D eigenvalue weighted by molar-refractivity contribution is 9.10. The first-order valence-electron chi connectivity index (χ1n) is 6.98. The van der Waals surface area contributed by atoms with Gasteiger partial charge in [-0.2, -0.15) is 17.6 Å². The quantitative estimate of drug-likeness (QED) is 0.780.